The van der Waals surface area contributed by atoms with Crippen LogP contribution in [0, 0.1) is 6.92 Å². The molecule has 19 heavy (non-hydrogen) atoms. The van der Waals surface area contributed by atoms with Crippen molar-refractivity contribution in [2.45, 2.75) is 6.92 Å². The number of anilines is 1. The van der Waals surface area contributed by atoms with Crippen LogP contribution in [0.4, 0.5) is 5.69 Å². The summed E-state index contributed by atoms with van der Waals surface area (Å²) in [5.74, 6) is 0. The van der Waals surface area contributed by atoms with Crippen LogP contribution < -0.4 is 4.90 Å². The van der Waals surface area contributed by atoms with Crippen molar-refractivity contribution >= 4 is 5.69 Å². The summed E-state index contributed by atoms with van der Waals surface area (Å²) in [7, 11) is 0. The SMILES string of the molecule is Cc1ncccc1-c1cncc(N2CCOCC2)c1. The Morgan fingerprint density at radius 1 is 1.21 bits per heavy atom. The average molecular weight is 255 g/mol. The number of hydrogen-bond donors (Lipinski definition) is 0. The summed E-state index contributed by atoms with van der Waals surface area (Å²) in [4.78, 5) is 11.0. The van der Waals surface area contributed by atoms with Crippen molar-refractivity contribution in [3.63, 3.8) is 0 Å². The Balaban J connectivity index is 1.93. The van der Waals surface area contributed by atoms with Gasteiger partial charge in [-0.1, -0.05) is 6.07 Å². The quantitative estimate of drug-likeness (QED) is 0.825. The zero-order chi connectivity index (χ0) is 13.1. The lowest BCUT2D eigenvalue weighted by atomic mass is 10.1. The minimum absolute atomic E-state index is 0.788. The predicted molar refractivity (Wildman–Crippen MR) is 75.2 cm³/mol. The van der Waals surface area contributed by atoms with Gasteiger partial charge in [-0.25, -0.2) is 0 Å². The van der Waals surface area contributed by atoms with E-state index in [1.807, 2.05) is 31.6 Å². The monoisotopic (exact) mass is 255 g/mol. The maximum absolute atomic E-state index is 5.38. The maximum Gasteiger partial charge on any atom is 0.0642 e. The lowest BCUT2D eigenvalue weighted by Crippen LogP contribution is -2.36. The van der Waals surface area contributed by atoms with E-state index in [9.17, 15) is 0 Å². The zero-order valence-corrected chi connectivity index (χ0v) is 11.0. The van der Waals surface area contributed by atoms with Gasteiger partial charge in [0.2, 0.25) is 0 Å². The molecule has 1 saturated heterocycles. The van der Waals surface area contributed by atoms with Crippen LogP contribution in [0.2, 0.25) is 0 Å². The molecular formula is C15H17N3O. The summed E-state index contributed by atoms with van der Waals surface area (Å²) in [5.41, 5.74) is 4.45. The van der Waals surface area contributed by atoms with Crippen molar-refractivity contribution in [2.75, 3.05) is 31.2 Å². The largest absolute Gasteiger partial charge is 0.378 e. The van der Waals surface area contributed by atoms with Crippen LogP contribution in [-0.2, 0) is 4.74 Å². The third-order valence-electron chi connectivity index (χ3n) is 3.42. The molecule has 2 aromatic rings. The smallest absolute Gasteiger partial charge is 0.0642 e. The van der Waals surface area contributed by atoms with Gasteiger partial charge in [0.05, 0.1) is 25.1 Å². The Hall–Kier alpha value is -1.94. The number of nitrogens with zero attached hydrogens (tertiary/aromatic N) is 3. The number of ether oxygens (including phenoxy) is 1. The van der Waals surface area contributed by atoms with E-state index in [4.69, 9.17) is 4.74 Å². The van der Waals surface area contributed by atoms with Gasteiger partial charge in [0.25, 0.3) is 0 Å². The molecule has 3 rings (SSSR count). The molecule has 0 radical (unpaired) electrons. The Morgan fingerprint density at radius 3 is 2.84 bits per heavy atom. The summed E-state index contributed by atoms with van der Waals surface area (Å²) in [5, 5.41) is 0. The van der Waals surface area contributed by atoms with Gasteiger partial charge < -0.3 is 9.64 Å². The number of aromatic nitrogens is 2. The highest BCUT2D eigenvalue weighted by Crippen LogP contribution is 2.25. The van der Waals surface area contributed by atoms with Gasteiger partial charge in [-0.3, -0.25) is 9.97 Å². The summed E-state index contributed by atoms with van der Waals surface area (Å²) in [6.07, 6.45) is 5.63. The summed E-state index contributed by atoms with van der Waals surface area (Å²) in [6, 6.07) is 6.23. The van der Waals surface area contributed by atoms with E-state index < -0.39 is 0 Å². The standard InChI is InChI=1S/C15H17N3O/c1-12-15(3-2-4-17-12)13-9-14(11-16-10-13)18-5-7-19-8-6-18/h2-4,9-11H,5-8H2,1H3. The molecule has 4 heteroatoms. The van der Waals surface area contributed by atoms with E-state index in [1.54, 1.807) is 0 Å². The average Bonchev–Trinajstić information content (AvgIpc) is 2.49. The van der Waals surface area contributed by atoms with Crippen molar-refractivity contribution in [3.05, 3.63) is 42.5 Å². The lowest BCUT2D eigenvalue weighted by molar-refractivity contribution is 0.122. The lowest BCUT2D eigenvalue weighted by Gasteiger charge is -2.28. The molecule has 0 aliphatic carbocycles. The normalized spacial score (nSPS) is 15.5. The summed E-state index contributed by atoms with van der Waals surface area (Å²) >= 11 is 0. The topological polar surface area (TPSA) is 38.2 Å². The van der Waals surface area contributed by atoms with Gasteiger partial charge in [-0.05, 0) is 19.1 Å². The third kappa shape index (κ3) is 2.58. The second-order valence-electron chi connectivity index (χ2n) is 4.67. The van der Waals surface area contributed by atoms with Crippen LogP contribution >= 0.6 is 0 Å². The number of morpholine rings is 1. The molecule has 0 bridgehead atoms. The molecule has 2 aromatic heterocycles. The molecule has 1 aliphatic heterocycles. The molecule has 0 spiro atoms. The Bertz CT molecular complexity index is 565. The minimum Gasteiger partial charge on any atom is -0.378 e. The third-order valence-corrected chi connectivity index (χ3v) is 3.42. The second-order valence-corrected chi connectivity index (χ2v) is 4.67. The number of aryl methyl sites for hydroxylation is 1. The highest BCUT2D eigenvalue weighted by molar-refractivity contribution is 5.68. The van der Waals surface area contributed by atoms with E-state index in [2.05, 4.69) is 27.0 Å². The zero-order valence-electron chi connectivity index (χ0n) is 11.0. The molecule has 0 N–H and O–H groups in total. The van der Waals surface area contributed by atoms with E-state index in [0.717, 1.165) is 48.8 Å². The van der Waals surface area contributed by atoms with Gasteiger partial charge in [0.1, 0.15) is 0 Å². The fraction of sp³-hybridized carbons (Fsp3) is 0.333. The van der Waals surface area contributed by atoms with Gasteiger partial charge in [-0.15, -0.1) is 0 Å². The van der Waals surface area contributed by atoms with Crippen molar-refractivity contribution in [2.24, 2.45) is 0 Å². The molecule has 1 fully saturated rings. The fourth-order valence-electron chi connectivity index (χ4n) is 2.36. The number of pyridine rings is 2. The molecule has 3 heterocycles. The van der Waals surface area contributed by atoms with E-state index in [-0.39, 0.29) is 0 Å². The number of rotatable bonds is 2. The molecule has 0 saturated carbocycles. The first-order valence-electron chi connectivity index (χ1n) is 6.54. The van der Waals surface area contributed by atoms with Crippen LogP contribution in [0.15, 0.2) is 36.8 Å². The first-order valence-corrected chi connectivity index (χ1v) is 6.54. The van der Waals surface area contributed by atoms with Gasteiger partial charge in [-0.2, -0.15) is 0 Å². The molecule has 0 aromatic carbocycles. The van der Waals surface area contributed by atoms with Crippen LogP contribution in [-0.4, -0.2) is 36.3 Å². The van der Waals surface area contributed by atoms with Gasteiger partial charge in [0, 0.05) is 42.3 Å². The maximum atomic E-state index is 5.38. The van der Waals surface area contributed by atoms with E-state index in [1.165, 1.54) is 0 Å². The van der Waals surface area contributed by atoms with Crippen molar-refractivity contribution in [1.29, 1.82) is 0 Å². The highest BCUT2D eigenvalue weighted by Gasteiger charge is 2.12. The summed E-state index contributed by atoms with van der Waals surface area (Å²) < 4.78 is 5.38. The Labute approximate surface area is 113 Å². The highest BCUT2D eigenvalue weighted by atomic mass is 16.5. The molecule has 1 aliphatic rings. The molecule has 0 amide bonds. The van der Waals surface area contributed by atoms with E-state index in [0.29, 0.717) is 0 Å². The number of hydrogen-bond acceptors (Lipinski definition) is 4. The fourth-order valence-corrected chi connectivity index (χ4v) is 2.36. The van der Waals surface area contributed by atoms with Crippen LogP contribution in [0.25, 0.3) is 11.1 Å². The van der Waals surface area contributed by atoms with Crippen LogP contribution in [0.1, 0.15) is 5.69 Å². The molecule has 0 atom stereocenters. The van der Waals surface area contributed by atoms with E-state index >= 15 is 0 Å². The molecular weight excluding hydrogens is 238 g/mol. The first-order chi connectivity index (χ1) is 9.34. The molecule has 4 nitrogen and oxygen atoms in total. The second kappa shape index (κ2) is 5.36. The van der Waals surface area contributed by atoms with Crippen molar-refractivity contribution in [3.8, 4) is 11.1 Å². The first kappa shape index (κ1) is 12.1. The minimum atomic E-state index is 0.788. The Kier molecular flexibility index (Phi) is 3.42. The van der Waals surface area contributed by atoms with Gasteiger partial charge >= 0.3 is 0 Å². The van der Waals surface area contributed by atoms with Gasteiger partial charge in [0.15, 0.2) is 0 Å². The summed E-state index contributed by atoms with van der Waals surface area (Å²) in [6.45, 7) is 5.46. The van der Waals surface area contributed by atoms with Crippen molar-refractivity contribution < 1.29 is 4.74 Å². The van der Waals surface area contributed by atoms with Crippen LogP contribution in [0.5, 0.6) is 0 Å². The Morgan fingerprint density at radius 2 is 2.05 bits per heavy atom. The van der Waals surface area contributed by atoms with Crippen LogP contribution in [0.3, 0.4) is 0 Å². The molecule has 0 unspecified atom stereocenters. The molecule has 98 valence electrons. The predicted octanol–water partition coefficient (Wildman–Crippen LogP) is 2.29. The van der Waals surface area contributed by atoms with Crippen molar-refractivity contribution in [1.82, 2.24) is 9.97 Å².